The first-order valence-corrected chi connectivity index (χ1v) is 8.43. The molecule has 1 heterocycles. The number of sulfonamides is 1. The Labute approximate surface area is 128 Å². The van der Waals surface area contributed by atoms with Crippen LogP contribution in [0.25, 0.3) is 0 Å². The quantitative estimate of drug-likeness (QED) is 0.826. The molecule has 1 atom stereocenters. The lowest BCUT2D eigenvalue weighted by Crippen LogP contribution is -2.52. The van der Waals surface area contributed by atoms with Gasteiger partial charge in [0.2, 0.25) is 10.0 Å². The molecule has 0 radical (unpaired) electrons. The van der Waals surface area contributed by atoms with Crippen LogP contribution in [0.5, 0.6) is 0 Å². The fourth-order valence-electron chi connectivity index (χ4n) is 2.47. The number of halogens is 2. The largest absolute Gasteiger partial charge is 0.383 e. The van der Waals surface area contributed by atoms with E-state index in [0.29, 0.717) is 6.61 Å². The van der Waals surface area contributed by atoms with E-state index in [1.807, 2.05) is 0 Å². The summed E-state index contributed by atoms with van der Waals surface area (Å²) in [7, 11) is -2.37. The minimum absolute atomic E-state index is 0.144. The van der Waals surface area contributed by atoms with Crippen LogP contribution in [0.3, 0.4) is 0 Å². The van der Waals surface area contributed by atoms with E-state index in [0.717, 1.165) is 31.5 Å². The molecule has 1 saturated heterocycles. The topological polar surface area (TPSA) is 67.4 Å². The van der Waals surface area contributed by atoms with E-state index in [1.54, 1.807) is 7.11 Å². The lowest BCUT2D eigenvalue weighted by atomic mass is 9.99. The van der Waals surface area contributed by atoms with Crippen molar-refractivity contribution in [3.05, 3.63) is 29.0 Å². The van der Waals surface area contributed by atoms with Crippen molar-refractivity contribution < 1.29 is 17.5 Å². The van der Waals surface area contributed by atoms with Gasteiger partial charge in [0.15, 0.2) is 0 Å². The van der Waals surface area contributed by atoms with Gasteiger partial charge in [0.05, 0.1) is 12.1 Å². The Hall–Kier alpha value is -0.730. The van der Waals surface area contributed by atoms with E-state index in [1.165, 1.54) is 6.07 Å². The molecule has 0 saturated carbocycles. The van der Waals surface area contributed by atoms with Crippen molar-refractivity contribution in [2.45, 2.75) is 23.3 Å². The molecule has 1 unspecified atom stereocenters. The maximum atomic E-state index is 13.7. The van der Waals surface area contributed by atoms with Gasteiger partial charge in [0.1, 0.15) is 10.7 Å². The van der Waals surface area contributed by atoms with E-state index in [4.69, 9.17) is 16.3 Å². The zero-order chi connectivity index (χ0) is 15.5. The molecule has 0 spiro atoms. The van der Waals surface area contributed by atoms with Gasteiger partial charge in [0.25, 0.3) is 0 Å². The molecule has 1 aromatic rings. The highest BCUT2D eigenvalue weighted by Gasteiger charge is 2.35. The first-order chi connectivity index (χ1) is 9.88. The summed E-state index contributed by atoms with van der Waals surface area (Å²) in [5.74, 6) is -0.866. The van der Waals surface area contributed by atoms with Gasteiger partial charge in [-0.3, -0.25) is 0 Å². The highest BCUT2D eigenvalue weighted by atomic mass is 35.5. The molecule has 5 nitrogen and oxygen atoms in total. The third-order valence-corrected chi connectivity index (χ3v) is 5.21. The Kier molecular flexibility index (Phi) is 5.21. The normalized spacial score (nSPS) is 22.6. The first-order valence-electron chi connectivity index (χ1n) is 6.57. The van der Waals surface area contributed by atoms with Crippen LogP contribution in [0.2, 0.25) is 5.02 Å². The molecule has 2 N–H and O–H groups in total. The van der Waals surface area contributed by atoms with Gasteiger partial charge in [-0.1, -0.05) is 11.6 Å². The monoisotopic (exact) mass is 336 g/mol. The minimum atomic E-state index is -3.93. The molecule has 1 aliphatic heterocycles. The lowest BCUT2D eigenvalue weighted by Gasteiger charge is -2.28. The van der Waals surface area contributed by atoms with Crippen molar-refractivity contribution >= 4 is 21.6 Å². The van der Waals surface area contributed by atoms with Crippen molar-refractivity contribution in [2.75, 3.05) is 26.8 Å². The number of hydrogen-bond donors (Lipinski definition) is 2. The summed E-state index contributed by atoms with van der Waals surface area (Å²) in [6, 6.07) is 3.48. The van der Waals surface area contributed by atoms with Crippen LogP contribution in [-0.2, 0) is 14.8 Å². The van der Waals surface area contributed by atoms with E-state index in [-0.39, 0.29) is 11.6 Å². The molecule has 0 aliphatic carbocycles. The zero-order valence-electron chi connectivity index (χ0n) is 11.7. The van der Waals surface area contributed by atoms with E-state index in [9.17, 15) is 12.8 Å². The second-order valence-corrected chi connectivity index (χ2v) is 7.31. The Bertz CT molecular complexity index is 603. The van der Waals surface area contributed by atoms with Gasteiger partial charge < -0.3 is 10.1 Å². The molecule has 0 amide bonds. The second kappa shape index (κ2) is 6.58. The second-order valence-electron chi connectivity index (χ2n) is 5.14. The molecule has 0 bridgehead atoms. The molecular weight excluding hydrogens is 319 g/mol. The fraction of sp³-hybridized carbons (Fsp3) is 0.538. The van der Waals surface area contributed by atoms with Crippen molar-refractivity contribution in [3.8, 4) is 0 Å². The number of methoxy groups -OCH3 is 1. The summed E-state index contributed by atoms with van der Waals surface area (Å²) in [6.45, 7) is 1.34. The molecule has 21 heavy (non-hydrogen) atoms. The van der Waals surface area contributed by atoms with Crippen molar-refractivity contribution in [3.63, 3.8) is 0 Å². The molecule has 118 valence electrons. The highest BCUT2D eigenvalue weighted by Crippen LogP contribution is 2.22. The first kappa shape index (κ1) is 16.6. The van der Waals surface area contributed by atoms with E-state index >= 15 is 0 Å². The van der Waals surface area contributed by atoms with Crippen molar-refractivity contribution in [2.24, 2.45) is 0 Å². The summed E-state index contributed by atoms with van der Waals surface area (Å²) in [6.07, 6.45) is 1.74. The van der Waals surface area contributed by atoms with Gasteiger partial charge in [-0.15, -0.1) is 0 Å². The molecule has 1 aromatic carbocycles. The Balaban J connectivity index is 2.14. The van der Waals surface area contributed by atoms with Crippen molar-refractivity contribution in [1.29, 1.82) is 0 Å². The van der Waals surface area contributed by atoms with Gasteiger partial charge in [-0.2, -0.15) is 0 Å². The third kappa shape index (κ3) is 3.92. The lowest BCUT2D eigenvalue weighted by molar-refractivity contribution is 0.122. The maximum absolute atomic E-state index is 13.7. The van der Waals surface area contributed by atoms with E-state index in [2.05, 4.69) is 10.0 Å². The van der Waals surface area contributed by atoms with Gasteiger partial charge in [0, 0.05) is 18.7 Å². The van der Waals surface area contributed by atoms with Gasteiger partial charge >= 0.3 is 0 Å². The number of hydrogen-bond acceptors (Lipinski definition) is 4. The molecule has 0 aromatic heterocycles. The number of benzene rings is 1. The average Bonchev–Trinajstić information content (AvgIpc) is 2.86. The zero-order valence-corrected chi connectivity index (χ0v) is 13.2. The molecule has 1 aliphatic rings. The summed E-state index contributed by atoms with van der Waals surface area (Å²) < 4.78 is 45.8. The van der Waals surface area contributed by atoms with Crippen LogP contribution >= 0.6 is 11.6 Å². The summed E-state index contributed by atoms with van der Waals surface area (Å²) in [4.78, 5) is -0.405. The molecule has 2 rings (SSSR count). The van der Waals surface area contributed by atoms with E-state index < -0.39 is 26.3 Å². The maximum Gasteiger partial charge on any atom is 0.243 e. The Morgan fingerprint density at radius 2 is 2.29 bits per heavy atom. The smallest absolute Gasteiger partial charge is 0.243 e. The average molecular weight is 337 g/mol. The van der Waals surface area contributed by atoms with Gasteiger partial charge in [-0.25, -0.2) is 17.5 Å². The number of rotatable bonds is 6. The number of nitrogens with one attached hydrogen (secondary N) is 2. The van der Waals surface area contributed by atoms with Crippen LogP contribution in [-0.4, -0.2) is 40.8 Å². The highest BCUT2D eigenvalue weighted by molar-refractivity contribution is 7.89. The number of ether oxygens (including phenoxy) is 1. The SMILES string of the molecule is COCC1(CNS(=O)(=O)c2ccc(Cl)cc2F)CCCN1. The van der Waals surface area contributed by atoms with Crippen molar-refractivity contribution in [1.82, 2.24) is 10.0 Å². The molecule has 8 heteroatoms. The Morgan fingerprint density at radius 1 is 1.52 bits per heavy atom. The van der Waals surface area contributed by atoms with Crippen LogP contribution < -0.4 is 10.0 Å². The van der Waals surface area contributed by atoms with Crippen LogP contribution in [0, 0.1) is 5.82 Å². The summed E-state index contributed by atoms with van der Waals surface area (Å²) in [5, 5.41) is 3.40. The van der Waals surface area contributed by atoms with Gasteiger partial charge in [-0.05, 0) is 37.6 Å². The summed E-state index contributed by atoms with van der Waals surface area (Å²) >= 11 is 5.63. The standard InChI is InChI=1S/C13H18ClFN2O3S/c1-20-9-13(5-2-6-16-13)8-17-21(18,19)12-4-3-10(14)7-11(12)15/h3-4,7,16-17H,2,5-6,8-9H2,1H3. The van der Waals surface area contributed by atoms with Crippen LogP contribution in [0.15, 0.2) is 23.1 Å². The molecule has 1 fully saturated rings. The molecular formula is C13H18ClFN2O3S. The van der Waals surface area contributed by atoms with Crippen LogP contribution in [0.1, 0.15) is 12.8 Å². The summed E-state index contributed by atoms with van der Waals surface area (Å²) in [5.41, 5.74) is -0.440. The fourth-order valence-corrected chi connectivity index (χ4v) is 3.82. The Morgan fingerprint density at radius 3 is 2.86 bits per heavy atom. The predicted molar refractivity (Wildman–Crippen MR) is 78.4 cm³/mol. The van der Waals surface area contributed by atoms with Crippen LogP contribution in [0.4, 0.5) is 4.39 Å². The predicted octanol–water partition coefficient (Wildman–Crippen LogP) is 1.53. The third-order valence-electron chi connectivity index (χ3n) is 3.54. The minimum Gasteiger partial charge on any atom is -0.383 e.